The van der Waals surface area contributed by atoms with Crippen LogP contribution in [0.5, 0.6) is 0 Å². The minimum atomic E-state index is -0.448. The monoisotopic (exact) mass is 297 g/mol. The molecule has 2 nitrogen and oxygen atoms in total. The van der Waals surface area contributed by atoms with Gasteiger partial charge in [0.2, 0.25) is 0 Å². The average Bonchev–Trinajstić information content (AvgIpc) is 2.11. The lowest BCUT2D eigenvalue weighted by molar-refractivity contribution is 0.275. The van der Waals surface area contributed by atoms with Gasteiger partial charge in [0, 0.05) is 22.7 Å². The maximum absolute atomic E-state index is 13.6. The maximum Gasteiger partial charge on any atom is 0.130 e. The van der Waals surface area contributed by atoms with E-state index in [1.165, 1.54) is 0 Å². The topological polar surface area (TPSA) is 46.2 Å². The van der Waals surface area contributed by atoms with Crippen LogP contribution in [0.25, 0.3) is 0 Å². The van der Waals surface area contributed by atoms with Gasteiger partial charge in [0.15, 0.2) is 0 Å². The van der Waals surface area contributed by atoms with Crippen molar-refractivity contribution in [3.8, 4) is 0 Å². The molecule has 1 atom stereocenters. The lowest BCUT2D eigenvalue weighted by atomic mass is 10.0. The largest absolute Gasteiger partial charge is 0.396 e. The zero-order valence-corrected chi connectivity index (χ0v) is 10.7. The summed E-state index contributed by atoms with van der Waals surface area (Å²) in [5.74, 6) is -0.283. The van der Waals surface area contributed by atoms with Gasteiger partial charge in [0.1, 0.15) is 5.82 Å². The van der Waals surface area contributed by atoms with Crippen molar-refractivity contribution in [2.75, 3.05) is 6.61 Å². The van der Waals surface area contributed by atoms with Gasteiger partial charge in [0.25, 0.3) is 0 Å². The lowest BCUT2D eigenvalue weighted by Gasteiger charge is -2.13. The minimum Gasteiger partial charge on any atom is -0.396 e. The summed E-state index contributed by atoms with van der Waals surface area (Å²) in [5.41, 5.74) is 6.73. The van der Waals surface area contributed by atoms with E-state index in [4.69, 9.17) is 10.8 Å². The van der Waals surface area contributed by atoms with Crippen LogP contribution in [0, 0.1) is 12.7 Å². The van der Waals surface area contributed by atoms with Crippen molar-refractivity contribution in [2.24, 2.45) is 5.73 Å². The van der Waals surface area contributed by atoms with Gasteiger partial charge in [-0.15, -0.1) is 12.4 Å². The quantitative estimate of drug-likeness (QED) is 0.901. The molecule has 0 radical (unpaired) electrons. The summed E-state index contributed by atoms with van der Waals surface area (Å²) in [6.45, 7) is 1.65. The van der Waals surface area contributed by atoms with Crippen LogP contribution < -0.4 is 5.73 Å². The molecule has 0 unspecified atom stereocenters. The molecule has 5 heteroatoms. The molecule has 0 saturated heterocycles. The fraction of sp³-hybridized carbons (Fsp3) is 0.400. The van der Waals surface area contributed by atoms with Crippen LogP contribution in [0.4, 0.5) is 4.39 Å². The number of nitrogens with two attached hydrogens (primary N) is 1. The van der Waals surface area contributed by atoms with Crippen molar-refractivity contribution >= 4 is 28.3 Å². The molecule has 0 aliphatic rings. The summed E-state index contributed by atoms with van der Waals surface area (Å²) in [7, 11) is 0. The molecule has 0 aliphatic heterocycles. The van der Waals surface area contributed by atoms with Gasteiger partial charge in [-0.3, -0.25) is 0 Å². The zero-order valence-electron chi connectivity index (χ0n) is 8.34. The van der Waals surface area contributed by atoms with E-state index >= 15 is 0 Å². The zero-order chi connectivity index (χ0) is 10.7. The predicted molar refractivity (Wildman–Crippen MR) is 64.7 cm³/mol. The van der Waals surface area contributed by atoms with E-state index in [-0.39, 0.29) is 24.8 Å². The molecule has 1 rings (SSSR count). The Bertz CT molecular complexity index is 335. The fourth-order valence-electron chi connectivity index (χ4n) is 1.32. The van der Waals surface area contributed by atoms with E-state index in [2.05, 4.69) is 15.9 Å². The van der Waals surface area contributed by atoms with Crippen LogP contribution in [0.15, 0.2) is 16.6 Å². The molecule has 0 fully saturated rings. The molecule has 0 heterocycles. The molecule has 1 aromatic rings. The summed E-state index contributed by atoms with van der Waals surface area (Å²) in [5, 5.41) is 8.71. The van der Waals surface area contributed by atoms with E-state index in [0.717, 1.165) is 4.47 Å². The fourth-order valence-corrected chi connectivity index (χ4v) is 1.91. The Kier molecular flexibility index (Phi) is 6.36. The molecular weight excluding hydrogens is 284 g/mol. The Morgan fingerprint density at radius 2 is 2.13 bits per heavy atom. The van der Waals surface area contributed by atoms with Crippen molar-refractivity contribution in [1.82, 2.24) is 0 Å². The standard InChI is InChI=1S/C10H13BrFNO.ClH/c1-6-4-7(11)5-8(10(6)12)9(13)2-3-14;/h4-5,9,14H,2-3,13H2,1H3;1H/t9-;/m0./s1. The van der Waals surface area contributed by atoms with Crippen molar-refractivity contribution in [3.05, 3.63) is 33.5 Å². The van der Waals surface area contributed by atoms with Gasteiger partial charge in [-0.05, 0) is 31.0 Å². The highest BCUT2D eigenvalue weighted by molar-refractivity contribution is 9.10. The Labute approximate surface area is 103 Å². The van der Waals surface area contributed by atoms with E-state index in [1.54, 1.807) is 19.1 Å². The third-order valence-electron chi connectivity index (χ3n) is 2.09. The Morgan fingerprint density at radius 3 is 2.67 bits per heavy atom. The van der Waals surface area contributed by atoms with Gasteiger partial charge in [-0.2, -0.15) is 0 Å². The number of aliphatic hydroxyl groups is 1. The highest BCUT2D eigenvalue weighted by Gasteiger charge is 2.13. The van der Waals surface area contributed by atoms with Crippen LogP contribution in [0.2, 0.25) is 0 Å². The number of halogens is 3. The Morgan fingerprint density at radius 1 is 1.53 bits per heavy atom. The van der Waals surface area contributed by atoms with E-state index in [0.29, 0.717) is 17.5 Å². The summed E-state index contributed by atoms with van der Waals surface area (Å²) in [4.78, 5) is 0. The summed E-state index contributed by atoms with van der Waals surface area (Å²) in [6, 6.07) is 2.91. The molecule has 0 aliphatic carbocycles. The molecule has 0 bridgehead atoms. The lowest BCUT2D eigenvalue weighted by Crippen LogP contribution is -2.14. The minimum absolute atomic E-state index is 0. The van der Waals surface area contributed by atoms with Crippen molar-refractivity contribution in [3.63, 3.8) is 0 Å². The maximum atomic E-state index is 13.6. The molecule has 0 spiro atoms. The first-order valence-electron chi connectivity index (χ1n) is 4.38. The van der Waals surface area contributed by atoms with Crippen molar-refractivity contribution in [1.29, 1.82) is 0 Å². The number of rotatable bonds is 3. The molecule has 0 saturated carbocycles. The predicted octanol–water partition coefficient (Wildman–Crippen LogP) is 2.70. The van der Waals surface area contributed by atoms with Gasteiger partial charge in [0.05, 0.1) is 0 Å². The highest BCUT2D eigenvalue weighted by atomic mass is 79.9. The first-order chi connectivity index (χ1) is 6.56. The van der Waals surface area contributed by atoms with Gasteiger partial charge in [-0.1, -0.05) is 15.9 Å². The normalized spacial score (nSPS) is 12.1. The van der Waals surface area contributed by atoms with Crippen LogP contribution >= 0.6 is 28.3 Å². The van der Waals surface area contributed by atoms with Crippen LogP contribution in [0.1, 0.15) is 23.6 Å². The van der Waals surface area contributed by atoms with Gasteiger partial charge in [-0.25, -0.2) is 4.39 Å². The first kappa shape index (κ1) is 14.8. The third kappa shape index (κ3) is 3.72. The first-order valence-corrected chi connectivity index (χ1v) is 5.17. The SMILES string of the molecule is Cc1cc(Br)cc([C@@H](N)CCO)c1F.Cl. The van der Waals surface area contributed by atoms with Crippen LogP contribution in [-0.2, 0) is 0 Å². The molecule has 15 heavy (non-hydrogen) atoms. The second-order valence-electron chi connectivity index (χ2n) is 3.24. The number of aliphatic hydroxyl groups excluding tert-OH is 1. The Hall–Kier alpha value is -0.160. The average molecular weight is 299 g/mol. The second kappa shape index (κ2) is 6.43. The summed E-state index contributed by atoms with van der Waals surface area (Å²) >= 11 is 3.28. The molecule has 1 aromatic carbocycles. The number of aryl methyl sites for hydroxylation is 1. The molecule has 0 amide bonds. The number of benzene rings is 1. The smallest absolute Gasteiger partial charge is 0.130 e. The molecular formula is C10H14BrClFNO. The summed E-state index contributed by atoms with van der Waals surface area (Å²) < 4.78 is 14.4. The highest BCUT2D eigenvalue weighted by Crippen LogP contribution is 2.24. The summed E-state index contributed by atoms with van der Waals surface area (Å²) in [6.07, 6.45) is 0.368. The van der Waals surface area contributed by atoms with Crippen molar-refractivity contribution < 1.29 is 9.50 Å². The van der Waals surface area contributed by atoms with Crippen LogP contribution in [-0.4, -0.2) is 11.7 Å². The molecule has 3 N–H and O–H groups in total. The van der Waals surface area contributed by atoms with E-state index in [1.807, 2.05) is 0 Å². The number of hydrogen-bond donors (Lipinski definition) is 2. The van der Waals surface area contributed by atoms with Gasteiger partial charge < -0.3 is 10.8 Å². The number of hydrogen-bond acceptors (Lipinski definition) is 2. The third-order valence-corrected chi connectivity index (χ3v) is 2.54. The second-order valence-corrected chi connectivity index (χ2v) is 4.16. The molecule has 0 aromatic heterocycles. The van der Waals surface area contributed by atoms with Crippen molar-refractivity contribution in [2.45, 2.75) is 19.4 Å². The van der Waals surface area contributed by atoms with Crippen LogP contribution in [0.3, 0.4) is 0 Å². The van der Waals surface area contributed by atoms with E-state index < -0.39 is 6.04 Å². The Balaban J connectivity index is 0.00000196. The molecule has 86 valence electrons. The van der Waals surface area contributed by atoms with E-state index in [9.17, 15) is 4.39 Å². The van der Waals surface area contributed by atoms with Gasteiger partial charge >= 0.3 is 0 Å².